The van der Waals surface area contributed by atoms with Gasteiger partial charge >= 0.3 is 0 Å². The Hall–Kier alpha value is -1.66. The fourth-order valence-corrected chi connectivity index (χ4v) is 1.32. The second-order valence-corrected chi connectivity index (χ2v) is 3.42. The summed E-state index contributed by atoms with van der Waals surface area (Å²) in [6, 6.07) is 4.58. The van der Waals surface area contributed by atoms with Gasteiger partial charge in [-0.3, -0.25) is 10.1 Å². The van der Waals surface area contributed by atoms with Crippen LogP contribution in [0, 0.1) is 17.0 Å². The van der Waals surface area contributed by atoms with Gasteiger partial charge in [0.25, 0.3) is 5.69 Å². The van der Waals surface area contributed by atoms with Gasteiger partial charge < -0.3 is 14.2 Å². The van der Waals surface area contributed by atoms with Gasteiger partial charge in [-0.15, -0.1) is 0 Å². The molecule has 0 aliphatic rings. The van der Waals surface area contributed by atoms with Gasteiger partial charge in [-0.05, 0) is 19.1 Å². The number of nitro benzene ring substituents is 1. The van der Waals surface area contributed by atoms with E-state index in [2.05, 4.69) is 0 Å². The summed E-state index contributed by atoms with van der Waals surface area (Å²) in [6.07, 6.45) is -0.453. The molecule has 17 heavy (non-hydrogen) atoms. The third kappa shape index (κ3) is 3.69. The van der Waals surface area contributed by atoms with E-state index in [0.717, 1.165) is 0 Å². The highest BCUT2D eigenvalue weighted by Crippen LogP contribution is 2.23. The Kier molecular flexibility index (Phi) is 4.86. The van der Waals surface area contributed by atoms with E-state index in [1.54, 1.807) is 19.1 Å². The predicted molar refractivity (Wildman–Crippen MR) is 61.1 cm³/mol. The molecule has 0 fully saturated rings. The first-order valence-electron chi connectivity index (χ1n) is 5.02. The van der Waals surface area contributed by atoms with Crippen molar-refractivity contribution in [3.8, 4) is 5.75 Å². The van der Waals surface area contributed by atoms with E-state index in [9.17, 15) is 10.1 Å². The lowest BCUT2D eigenvalue weighted by Gasteiger charge is -2.14. The number of hydrogen-bond acceptors (Lipinski definition) is 5. The molecule has 0 N–H and O–H groups in total. The molecule has 1 aromatic rings. The standard InChI is InChI=1S/C11H15NO5/c1-8-6-9(4-5-10(8)12(13)14)17-7-11(15-2)16-3/h4-6,11H,7H2,1-3H3. The zero-order chi connectivity index (χ0) is 12.8. The zero-order valence-corrected chi connectivity index (χ0v) is 10.0. The molecule has 1 aromatic carbocycles. The smallest absolute Gasteiger partial charge is 0.272 e. The summed E-state index contributed by atoms with van der Waals surface area (Å²) < 4.78 is 15.3. The Bertz CT molecular complexity index is 389. The van der Waals surface area contributed by atoms with E-state index in [0.29, 0.717) is 11.3 Å². The van der Waals surface area contributed by atoms with Crippen LogP contribution < -0.4 is 4.74 Å². The maximum Gasteiger partial charge on any atom is 0.272 e. The van der Waals surface area contributed by atoms with Gasteiger partial charge in [-0.1, -0.05) is 0 Å². The van der Waals surface area contributed by atoms with Gasteiger partial charge in [0.2, 0.25) is 0 Å². The van der Waals surface area contributed by atoms with Crippen molar-refractivity contribution >= 4 is 5.69 Å². The second kappa shape index (κ2) is 6.17. The average molecular weight is 241 g/mol. The largest absolute Gasteiger partial charge is 0.488 e. The summed E-state index contributed by atoms with van der Waals surface area (Å²) in [6.45, 7) is 1.89. The maximum atomic E-state index is 10.6. The Morgan fingerprint density at radius 1 is 1.35 bits per heavy atom. The predicted octanol–water partition coefficient (Wildman–Crippen LogP) is 1.90. The van der Waals surface area contributed by atoms with Crippen molar-refractivity contribution in [3.05, 3.63) is 33.9 Å². The molecule has 0 saturated carbocycles. The van der Waals surface area contributed by atoms with Crippen LogP contribution in [0.1, 0.15) is 5.56 Å². The van der Waals surface area contributed by atoms with Crippen LogP contribution in [0.4, 0.5) is 5.69 Å². The zero-order valence-electron chi connectivity index (χ0n) is 10.0. The van der Waals surface area contributed by atoms with E-state index in [1.165, 1.54) is 20.3 Å². The number of methoxy groups -OCH3 is 2. The average Bonchev–Trinajstić information content (AvgIpc) is 2.30. The third-order valence-corrected chi connectivity index (χ3v) is 2.28. The number of ether oxygens (including phenoxy) is 3. The normalized spacial score (nSPS) is 10.6. The monoisotopic (exact) mass is 241 g/mol. The van der Waals surface area contributed by atoms with Crippen LogP contribution >= 0.6 is 0 Å². The van der Waals surface area contributed by atoms with Crippen molar-refractivity contribution in [1.82, 2.24) is 0 Å². The summed E-state index contributed by atoms with van der Waals surface area (Å²) >= 11 is 0. The highest BCUT2D eigenvalue weighted by molar-refractivity contribution is 5.44. The highest BCUT2D eigenvalue weighted by atomic mass is 16.7. The summed E-state index contributed by atoms with van der Waals surface area (Å²) in [5.74, 6) is 0.548. The number of hydrogen-bond donors (Lipinski definition) is 0. The van der Waals surface area contributed by atoms with Gasteiger partial charge in [0.15, 0.2) is 6.29 Å². The van der Waals surface area contributed by atoms with Crippen LogP contribution in [0.25, 0.3) is 0 Å². The molecule has 0 saturated heterocycles. The topological polar surface area (TPSA) is 70.8 Å². The lowest BCUT2D eigenvalue weighted by molar-refractivity contribution is -0.385. The minimum Gasteiger partial charge on any atom is -0.488 e. The van der Waals surface area contributed by atoms with Crippen LogP contribution in [0.5, 0.6) is 5.75 Å². The molecular formula is C11H15NO5. The third-order valence-electron chi connectivity index (χ3n) is 2.28. The highest BCUT2D eigenvalue weighted by Gasteiger charge is 2.12. The Balaban J connectivity index is 2.67. The van der Waals surface area contributed by atoms with E-state index in [-0.39, 0.29) is 12.3 Å². The van der Waals surface area contributed by atoms with Crippen LogP contribution in [0.2, 0.25) is 0 Å². The van der Waals surface area contributed by atoms with Crippen molar-refractivity contribution in [1.29, 1.82) is 0 Å². The molecule has 0 bridgehead atoms. The van der Waals surface area contributed by atoms with Crippen LogP contribution in [0.3, 0.4) is 0 Å². The molecule has 0 aromatic heterocycles. The molecule has 0 aliphatic heterocycles. The van der Waals surface area contributed by atoms with E-state index in [1.807, 2.05) is 0 Å². The maximum absolute atomic E-state index is 10.6. The van der Waals surface area contributed by atoms with Crippen molar-refractivity contribution < 1.29 is 19.1 Å². The summed E-state index contributed by atoms with van der Waals surface area (Å²) in [5, 5.41) is 10.6. The second-order valence-electron chi connectivity index (χ2n) is 3.42. The first-order chi connectivity index (χ1) is 8.08. The SMILES string of the molecule is COC(COc1ccc([N+](=O)[O-])c(C)c1)OC. The fourth-order valence-electron chi connectivity index (χ4n) is 1.32. The molecule has 0 amide bonds. The molecule has 0 radical (unpaired) electrons. The quantitative estimate of drug-likeness (QED) is 0.432. The fraction of sp³-hybridized carbons (Fsp3) is 0.455. The lowest BCUT2D eigenvalue weighted by atomic mass is 10.2. The minimum absolute atomic E-state index is 0.0763. The van der Waals surface area contributed by atoms with E-state index < -0.39 is 11.2 Å². The van der Waals surface area contributed by atoms with E-state index >= 15 is 0 Å². The number of nitrogens with zero attached hydrogens (tertiary/aromatic N) is 1. The van der Waals surface area contributed by atoms with Crippen LogP contribution in [-0.2, 0) is 9.47 Å². The first kappa shape index (κ1) is 13.4. The Labute approximate surface area is 99.2 Å². The van der Waals surface area contributed by atoms with Crippen molar-refractivity contribution in [2.45, 2.75) is 13.2 Å². The molecular weight excluding hydrogens is 226 g/mol. The van der Waals surface area contributed by atoms with Gasteiger partial charge in [0.05, 0.1) is 4.92 Å². The molecule has 94 valence electrons. The summed E-state index contributed by atoms with van der Waals surface area (Å²) in [7, 11) is 3.03. The van der Waals surface area contributed by atoms with Gasteiger partial charge in [-0.2, -0.15) is 0 Å². The molecule has 0 atom stereocenters. The molecule has 6 nitrogen and oxygen atoms in total. The summed E-state index contributed by atoms with van der Waals surface area (Å²) in [5.41, 5.74) is 0.631. The molecule has 1 rings (SSSR count). The minimum atomic E-state index is -0.453. The Morgan fingerprint density at radius 3 is 2.47 bits per heavy atom. The van der Waals surface area contributed by atoms with Crippen molar-refractivity contribution in [2.24, 2.45) is 0 Å². The molecule has 0 spiro atoms. The van der Waals surface area contributed by atoms with Crippen LogP contribution in [-0.4, -0.2) is 32.0 Å². The van der Waals surface area contributed by atoms with Crippen molar-refractivity contribution in [3.63, 3.8) is 0 Å². The van der Waals surface area contributed by atoms with Crippen LogP contribution in [0.15, 0.2) is 18.2 Å². The Morgan fingerprint density at radius 2 is 2.00 bits per heavy atom. The molecule has 0 unspecified atom stereocenters. The molecule has 0 heterocycles. The summed E-state index contributed by atoms with van der Waals surface area (Å²) in [4.78, 5) is 10.2. The molecule has 0 aliphatic carbocycles. The first-order valence-corrected chi connectivity index (χ1v) is 5.02. The van der Waals surface area contributed by atoms with Gasteiger partial charge in [0.1, 0.15) is 12.4 Å². The van der Waals surface area contributed by atoms with Crippen molar-refractivity contribution in [2.75, 3.05) is 20.8 Å². The number of aryl methyl sites for hydroxylation is 1. The number of nitro groups is 1. The number of rotatable bonds is 6. The van der Waals surface area contributed by atoms with E-state index in [4.69, 9.17) is 14.2 Å². The van der Waals surface area contributed by atoms with Gasteiger partial charge in [0, 0.05) is 25.8 Å². The van der Waals surface area contributed by atoms with Gasteiger partial charge in [-0.25, -0.2) is 0 Å². The number of benzene rings is 1. The lowest BCUT2D eigenvalue weighted by Crippen LogP contribution is -2.22. The molecule has 6 heteroatoms.